The predicted molar refractivity (Wildman–Crippen MR) is 82.6 cm³/mol. The summed E-state index contributed by atoms with van der Waals surface area (Å²) in [5, 5.41) is 7.33. The minimum atomic E-state index is -0.0605. The zero-order chi connectivity index (χ0) is 14.7. The maximum atomic E-state index is 12.2. The molecular weight excluding hydrogens is 318 g/mol. The lowest BCUT2D eigenvalue weighted by Gasteiger charge is -2.08. The number of carbonyl (C=O) groups excluding carboxylic acids is 1. The number of aromatic nitrogens is 2. The van der Waals surface area contributed by atoms with Gasteiger partial charge in [-0.25, -0.2) is 0 Å². The summed E-state index contributed by atoms with van der Waals surface area (Å²) < 4.78 is 2.73. The van der Waals surface area contributed by atoms with Crippen LogP contribution in [0.4, 0.5) is 0 Å². The maximum absolute atomic E-state index is 12.2. The average Bonchev–Trinajstić information content (AvgIpc) is 2.79. The number of rotatable bonds is 4. The molecule has 106 valence electrons. The van der Waals surface area contributed by atoms with Crippen molar-refractivity contribution in [2.75, 3.05) is 0 Å². The molecule has 1 aromatic heterocycles. The van der Waals surface area contributed by atoms with Gasteiger partial charge in [-0.3, -0.25) is 9.48 Å². The molecule has 1 amide bonds. The van der Waals surface area contributed by atoms with E-state index < -0.39 is 0 Å². The Morgan fingerprint density at radius 3 is 2.90 bits per heavy atom. The molecule has 0 saturated carbocycles. The van der Waals surface area contributed by atoms with E-state index in [1.807, 2.05) is 38.4 Å². The normalized spacial score (nSPS) is 10.6. The largest absolute Gasteiger partial charge is 0.348 e. The smallest absolute Gasteiger partial charge is 0.251 e. The highest BCUT2D eigenvalue weighted by Gasteiger charge is 2.12. The number of hydrogen-bond acceptors (Lipinski definition) is 2. The summed E-state index contributed by atoms with van der Waals surface area (Å²) in [4.78, 5) is 12.2. The third-order valence-electron chi connectivity index (χ3n) is 3.28. The summed E-state index contributed by atoms with van der Waals surface area (Å²) in [5.41, 5.74) is 3.74. The van der Waals surface area contributed by atoms with Crippen LogP contribution in [0.2, 0.25) is 0 Å². The molecule has 0 fully saturated rings. The zero-order valence-electron chi connectivity index (χ0n) is 11.9. The maximum Gasteiger partial charge on any atom is 0.251 e. The molecule has 0 saturated heterocycles. The molecule has 0 aliphatic heterocycles. The second kappa shape index (κ2) is 6.22. The van der Waals surface area contributed by atoms with Crippen LogP contribution in [0.5, 0.6) is 0 Å². The van der Waals surface area contributed by atoms with Gasteiger partial charge in [-0.1, -0.05) is 28.9 Å². The summed E-state index contributed by atoms with van der Waals surface area (Å²) in [6.07, 6.45) is 2.81. The van der Waals surface area contributed by atoms with Crippen molar-refractivity contribution in [1.82, 2.24) is 15.1 Å². The lowest BCUT2D eigenvalue weighted by Crippen LogP contribution is -2.24. The SMILES string of the molecule is CCc1nn(C)cc1CNC(=O)c1cccc(Br)c1C. The van der Waals surface area contributed by atoms with E-state index in [1.54, 1.807) is 4.68 Å². The average molecular weight is 336 g/mol. The van der Waals surface area contributed by atoms with Crippen molar-refractivity contribution in [1.29, 1.82) is 0 Å². The number of nitrogens with one attached hydrogen (secondary N) is 1. The molecule has 0 aliphatic rings. The van der Waals surface area contributed by atoms with E-state index in [1.165, 1.54) is 0 Å². The van der Waals surface area contributed by atoms with Crippen LogP contribution in [-0.4, -0.2) is 15.7 Å². The number of amides is 1. The molecule has 2 rings (SSSR count). The molecule has 0 radical (unpaired) electrons. The number of halogens is 1. The third-order valence-corrected chi connectivity index (χ3v) is 4.14. The first-order chi connectivity index (χ1) is 9.52. The Morgan fingerprint density at radius 1 is 1.45 bits per heavy atom. The van der Waals surface area contributed by atoms with Crippen molar-refractivity contribution < 1.29 is 4.79 Å². The molecule has 4 nitrogen and oxygen atoms in total. The topological polar surface area (TPSA) is 46.9 Å². The Bertz CT molecular complexity index is 634. The van der Waals surface area contributed by atoms with Crippen LogP contribution in [0.25, 0.3) is 0 Å². The van der Waals surface area contributed by atoms with Crippen LogP contribution in [0.3, 0.4) is 0 Å². The number of aryl methyl sites for hydroxylation is 2. The van der Waals surface area contributed by atoms with E-state index in [0.29, 0.717) is 12.1 Å². The van der Waals surface area contributed by atoms with Crippen molar-refractivity contribution in [2.24, 2.45) is 7.05 Å². The Morgan fingerprint density at radius 2 is 2.20 bits per heavy atom. The van der Waals surface area contributed by atoms with Crippen molar-refractivity contribution in [3.63, 3.8) is 0 Å². The second-order valence-electron chi connectivity index (χ2n) is 4.72. The summed E-state index contributed by atoms with van der Waals surface area (Å²) in [6, 6.07) is 5.63. The number of benzene rings is 1. The fourth-order valence-electron chi connectivity index (χ4n) is 2.15. The van der Waals surface area contributed by atoms with Crippen LogP contribution in [0.1, 0.15) is 34.1 Å². The van der Waals surface area contributed by atoms with Crippen molar-refractivity contribution in [2.45, 2.75) is 26.8 Å². The highest BCUT2D eigenvalue weighted by Crippen LogP contribution is 2.19. The standard InChI is InChI=1S/C15H18BrN3O/c1-4-14-11(9-19(3)18-14)8-17-15(20)12-6-5-7-13(16)10(12)2/h5-7,9H,4,8H2,1-3H3,(H,17,20). The molecular formula is C15H18BrN3O. The first-order valence-electron chi connectivity index (χ1n) is 6.57. The van der Waals surface area contributed by atoms with E-state index in [9.17, 15) is 4.79 Å². The van der Waals surface area contributed by atoms with Gasteiger partial charge in [0.25, 0.3) is 5.91 Å². The van der Waals surface area contributed by atoms with Crippen molar-refractivity contribution >= 4 is 21.8 Å². The Balaban J connectivity index is 2.10. The van der Waals surface area contributed by atoms with Crippen LogP contribution < -0.4 is 5.32 Å². The first-order valence-corrected chi connectivity index (χ1v) is 7.37. The van der Waals surface area contributed by atoms with Gasteiger partial charge < -0.3 is 5.32 Å². The molecule has 2 aromatic rings. The molecule has 1 N–H and O–H groups in total. The van der Waals surface area contributed by atoms with Gasteiger partial charge in [0.2, 0.25) is 0 Å². The van der Waals surface area contributed by atoms with E-state index in [4.69, 9.17) is 0 Å². The van der Waals surface area contributed by atoms with Gasteiger partial charge in [-0.05, 0) is 31.0 Å². The predicted octanol–water partition coefficient (Wildman–Crippen LogP) is 2.98. The van der Waals surface area contributed by atoms with Gasteiger partial charge in [0.05, 0.1) is 5.69 Å². The summed E-state index contributed by atoms with van der Waals surface area (Å²) in [6.45, 7) is 4.49. The highest BCUT2D eigenvalue weighted by atomic mass is 79.9. The monoisotopic (exact) mass is 335 g/mol. The summed E-state index contributed by atoms with van der Waals surface area (Å²) >= 11 is 3.44. The summed E-state index contributed by atoms with van der Waals surface area (Å²) in [5.74, 6) is -0.0605. The Hall–Kier alpha value is -1.62. The van der Waals surface area contributed by atoms with Crippen LogP contribution in [0, 0.1) is 6.92 Å². The van der Waals surface area contributed by atoms with Crippen LogP contribution in [0.15, 0.2) is 28.9 Å². The van der Waals surface area contributed by atoms with E-state index in [2.05, 4.69) is 33.3 Å². The molecule has 0 atom stereocenters. The second-order valence-corrected chi connectivity index (χ2v) is 5.58. The molecule has 20 heavy (non-hydrogen) atoms. The van der Waals surface area contributed by atoms with Crippen LogP contribution in [-0.2, 0) is 20.0 Å². The van der Waals surface area contributed by atoms with Crippen molar-refractivity contribution in [3.05, 3.63) is 51.3 Å². The molecule has 5 heteroatoms. The van der Waals surface area contributed by atoms with E-state index >= 15 is 0 Å². The molecule has 0 unspecified atom stereocenters. The van der Waals surface area contributed by atoms with Gasteiger partial charge in [-0.15, -0.1) is 0 Å². The fourth-order valence-corrected chi connectivity index (χ4v) is 2.52. The molecule has 0 bridgehead atoms. The Kier molecular flexibility index (Phi) is 4.60. The molecule has 0 spiro atoms. The van der Waals surface area contributed by atoms with E-state index in [-0.39, 0.29) is 5.91 Å². The summed E-state index contributed by atoms with van der Waals surface area (Å²) in [7, 11) is 1.89. The number of carbonyl (C=O) groups is 1. The molecule has 1 heterocycles. The minimum absolute atomic E-state index is 0.0605. The zero-order valence-corrected chi connectivity index (χ0v) is 13.5. The van der Waals surface area contributed by atoms with Crippen LogP contribution >= 0.6 is 15.9 Å². The lowest BCUT2D eigenvalue weighted by molar-refractivity contribution is 0.0950. The minimum Gasteiger partial charge on any atom is -0.348 e. The van der Waals surface area contributed by atoms with E-state index in [0.717, 1.165) is 27.7 Å². The first kappa shape index (κ1) is 14.8. The molecule has 1 aromatic carbocycles. The van der Waals surface area contributed by atoms with Crippen molar-refractivity contribution in [3.8, 4) is 0 Å². The fraction of sp³-hybridized carbons (Fsp3) is 0.333. The van der Waals surface area contributed by atoms with Gasteiger partial charge in [0, 0.05) is 35.4 Å². The lowest BCUT2D eigenvalue weighted by atomic mass is 10.1. The third kappa shape index (κ3) is 3.10. The van der Waals surface area contributed by atoms with Gasteiger partial charge in [-0.2, -0.15) is 5.10 Å². The number of hydrogen-bond donors (Lipinski definition) is 1. The van der Waals surface area contributed by atoms with Gasteiger partial charge >= 0.3 is 0 Å². The number of nitrogens with zero attached hydrogens (tertiary/aromatic N) is 2. The van der Waals surface area contributed by atoms with Gasteiger partial charge in [0.1, 0.15) is 0 Å². The van der Waals surface area contributed by atoms with Gasteiger partial charge in [0.15, 0.2) is 0 Å². The molecule has 0 aliphatic carbocycles. The quantitative estimate of drug-likeness (QED) is 0.933. The Labute approximate surface area is 127 Å². The highest BCUT2D eigenvalue weighted by molar-refractivity contribution is 9.10.